The third-order valence-electron chi connectivity index (χ3n) is 3.89. The Kier molecular flexibility index (Phi) is 5.76. The van der Waals surface area contributed by atoms with Gasteiger partial charge in [-0.25, -0.2) is 0 Å². The van der Waals surface area contributed by atoms with Crippen LogP contribution in [0.2, 0.25) is 0 Å². The maximum Gasteiger partial charge on any atom is 0.303 e. The molecule has 0 aliphatic carbocycles. The zero-order valence-corrected chi connectivity index (χ0v) is 13.8. The summed E-state index contributed by atoms with van der Waals surface area (Å²) in [5.41, 5.74) is -0.212. The molecule has 7 heteroatoms. The van der Waals surface area contributed by atoms with Crippen molar-refractivity contribution in [3.05, 3.63) is 33.2 Å². The summed E-state index contributed by atoms with van der Waals surface area (Å²) in [6.07, 6.45) is 4.16. The maximum atomic E-state index is 12.3. The van der Waals surface area contributed by atoms with Gasteiger partial charge in [0, 0.05) is 36.2 Å². The number of piperidine rings is 1. The second kappa shape index (κ2) is 7.58. The minimum atomic E-state index is -0.802. The second-order valence-electron chi connectivity index (χ2n) is 5.59. The van der Waals surface area contributed by atoms with Crippen molar-refractivity contribution in [1.29, 1.82) is 0 Å². The van der Waals surface area contributed by atoms with E-state index in [1.54, 1.807) is 17.2 Å². The van der Waals surface area contributed by atoms with E-state index < -0.39 is 5.97 Å². The molecule has 6 nitrogen and oxygen atoms in total. The number of hydrogen-bond donors (Lipinski definition) is 1. The first-order valence-corrected chi connectivity index (χ1v) is 8.10. The number of nitrogens with zero attached hydrogens (tertiary/aromatic N) is 2. The Labute approximate surface area is 136 Å². The molecular weight excluding hydrogens is 352 g/mol. The fourth-order valence-corrected chi connectivity index (χ4v) is 3.11. The molecule has 0 saturated carbocycles. The van der Waals surface area contributed by atoms with Crippen molar-refractivity contribution < 1.29 is 14.7 Å². The molecule has 1 aliphatic rings. The van der Waals surface area contributed by atoms with Crippen LogP contribution in [0.1, 0.15) is 25.7 Å². The van der Waals surface area contributed by atoms with E-state index in [0.29, 0.717) is 19.5 Å². The molecule has 1 aromatic rings. The van der Waals surface area contributed by atoms with Crippen LogP contribution in [0.3, 0.4) is 0 Å². The number of likely N-dealkylation sites (tertiary alicyclic amines) is 1. The number of carbonyl (C=O) groups is 2. The highest BCUT2D eigenvalue weighted by Gasteiger charge is 2.24. The number of halogens is 1. The molecule has 2 rings (SSSR count). The fourth-order valence-electron chi connectivity index (χ4n) is 2.73. The van der Waals surface area contributed by atoms with Crippen LogP contribution in [-0.2, 0) is 16.1 Å². The second-order valence-corrected chi connectivity index (χ2v) is 6.51. The van der Waals surface area contributed by atoms with Crippen molar-refractivity contribution in [3.8, 4) is 0 Å². The summed E-state index contributed by atoms with van der Waals surface area (Å²) < 4.78 is 2.13. The van der Waals surface area contributed by atoms with Crippen LogP contribution >= 0.6 is 15.9 Å². The van der Waals surface area contributed by atoms with Gasteiger partial charge in [-0.2, -0.15) is 0 Å². The van der Waals surface area contributed by atoms with Crippen molar-refractivity contribution in [1.82, 2.24) is 9.47 Å². The van der Waals surface area contributed by atoms with Gasteiger partial charge in [-0.3, -0.25) is 14.4 Å². The third-order valence-corrected chi connectivity index (χ3v) is 4.36. The van der Waals surface area contributed by atoms with Gasteiger partial charge < -0.3 is 14.6 Å². The number of carbonyl (C=O) groups excluding carboxylic acids is 1. The molecule has 22 heavy (non-hydrogen) atoms. The topological polar surface area (TPSA) is 79.6 Å². The van der Waals surface area contributed by atoms with Crippen LogP contribution in [0.4, 0.5) is 0 Å². The minimum Gasteiger partial charge on any atom is -0.481 e. The van der Waals surface area contributed by atoms with Gasteiger partial charge in [-0.15, -0.1) is 0 Å². The van der Waals surface area contributed by atoms with Crippen molar-refractivity contribution in [3.63, 3.8) is 0 Å². The molecule has 1 atom stereocenters. The average molecular weight is 371 g/mol. The highest BCUT2D eigenvalue weighted by molar-refractivity contribution is 9.10. The first-order valence-electron chi connectivity index (χ1n) is 7.31. The average Bonchev–Trinajstić information content (AvgIpc) is 2.49. The van der Waals surface area contributed by atoms with Gasteiger partial charge in [0.25, 0.3) is 5.56 Å². The predicted molar refractivity (Wildman–Crippen MR) is 84.6 cm³/mol. The van der Waals surface area contributed by atoms with E-state index in [4.69, 9.17) is 5.11 Å². The van der Waals surface area contributed by atoms with E-state index in [1.165, 1.54) is 10.6 Å². The van der Waals surface area contributed by atoms with Gasteiger partial charge in [0.05, 0.1) is 0 Å². The Bertz CT molecular complexity index is 614. The van der Waals surface area contributed by atoms with Crippen molar-refractivity contribution >= 4 is 27.8 Å². The lowest BCUT2D eigenvalue weighted by Gasteiger charge is -2.32. The Balaban J connectivity index is 1.95. The Morgan fingerprint density at radius 3 is 2.86 bits per heavy atom. The van der Waals surface area contributed by atoms with Gasteiger partial charge in [0.1, 0.15) is 6.54 Å². The molecule has 1 saturated heterocycles. The van der Waals surface area contributed by atoms with Crippen molar-refractivity contribution in [2.24, 2.45) is 5.92 Å². The van der Waals surface area contributed by atoms with Gasteiger partial charge in [-0.1, -0.05) is 0 Å². The van der Waals surface area contributed by atoms with Crippen LogP contribution in [0.5, 0.6) is 0 Å². The highest BCUT2D eigenvalue weighted by atomic mass is 79.9. The van der Waals surface area contributed by atoms with E-state index in [9.17, 15) is 14.4 Å². The van der Waals surface area contributed by atoms with Gasteiger partial charge in [-0.05, 0) is 47.2 Å². The van der Waals surface area contributed by atoms with Gasteiger partial charge >= 0.3 is 5.97 Å². The molecule has 120 valence electrons. The molecule has 0 bridgehead atoms. The lowest BCUT2D eigenvalue weighted by molar-refractivity contribution is -0.137. The summed E-state index contributed by atoms with van der Waals surface area (Å²) in [6.45, 7) is 1.27. The normalized spacial score (nSPS) is 18.2. The third kappa shape index (κ3) is 4.69. The van der Waals surface area contributed by atoms with Gasteiger partial charge in [0.15, 0.2) is 0 Å². The molecule has 0 spiro atoms. The number of hydrogen-bond acceptors (Lipinski definition) is 3. The van der Waals surface area contributed by atoms with E-state index in [1.807, 2.05) is 0 Å². The maximum absolute atomic E-state index is 12.3. The number of carboxylic acids is 1. The number of rotatable bonds is 5. The largest absolute Gasteiger partial charge is 0.481 e. The van der Waals surface area contributed by atoms with Crippen molar-refractivity contribution in [2.75, 3.05) is 13.1 Å². The SMILES string of the molecule is O=C(O)CC[C@@H]1CCCN(C(=O)Cn2cc(Br)ccc2=O)C1. The summed E-state index contributed by atoms with van der Waals surface area (Å²) in [4.78, 5) is 36.5. The molecule has 0 aromatic carbocycles. The van der Waals surface area contributed by atoms with E-state index in [0.717, 1.165) is 17.3 Å². The molecule has 0 unspecified atom stereocenters. The lowest BCUT2D eigenvalue weighted by Crippen LogP contribution is -2.42. The van der Waals surface area contributed by atoms with Crippen LogP contribution in [0.25, 0.3) is 0 Å². The number of aliphatic carboxylic acids is 1. The summed E-state index contributed by atoms with van der Waals surface area (Å²) >= 11 is 3.29. The fraction of sp³-hybridized carbons (Fsp3) is 0.533. The van der Waals surface area contributed by atoms with Crippen molar-refractivity contribution in [2.45, 2.75) is 32.2 Å². The molecular formula is C15H19BrN2O4. The first-order chi connectivity index (χ1) is 10.5. The Hall–Kier alpha value is -1.63. The number of carboxylic acid groups (broad SMARTS) is 1. The molecule has 2 heterocycles. The van der Waals surface area contributed by atoms with Gasteiger partial charge in [0.2, 0.25) is 5.91 Å². The van der Waals surface area contributed by atoms with Crippen LogP contribution in [0, 0.1) is 5.92 Å². The molecule has 1 amide bonds. The Morgan fingerprint density at radius 1 is 1.36 bits per heavy atom. The summed E-state index contributed by atoms with van der Waals surface area (Å²) in [5, 5.41) is 8.75. The number of amides is 1. The molecule has 1 aliphatic heterocycles. The van der Waals surface area contributed by atoms with E-state index >= 15 is 0 Å². The number of pyridine rings is 1. The quantitative estimate of drug-likeness (QED) is 0.855. The lowest BCUT2D eigenvalue weighted by atomic mass is 9.93. The number of aromatic nitrogens is 1. The zero-order valence-electron chi connectivity index (χ0n) is 12.2. The monoisotopic (exact) mass is 370 g/mol. The highest BCUT2D eigenvalue weighted by Crippen LogP contribution is 2.21. The molecule has 0 radical (unpaired) electrons. The summed E-state index contributed by atoms with van der Waals surface area (Å²) in [6, 6.07) is 3.06. The molecule has 1 N–H and O–H groups in total. The summed E-state index contributed by atoms with van der Waals surface area (Å²) in [7, 11) is 0. The minimum absolute atomic E-state index is 0.0178. The molecule has 1 fully saturated rings. The van der Waals surface area contributed by atoms with E-state index in [-0.39, 0.29) is 30.3 Å². The summed E-state index contributed by atoms with van der Waals surface area (Å²) in [5.74, 6) is -0.669. The van der Waals surface area contributed by atoms with Crippen LogP contribution < -0.4 is 5.56 Å². The zero-order chi connectivity index (χ0) is 16.1. The smallest absolute Gasteiger partial charge is 0.303 e. The van der Waals surface area contributed by atoms with Crippen LogP contribution in [-0.4, -0.2) is 39.5 Å². The molecule has 1 aromatic heterocycles. The van der Waals surface area contributed by atoms with E-state index in [2.05, 4.69) is 15.9 Å². The van der Waals surface area contributed by atoms with Crippen LogP contribution in [0.15, 0.2) is 27.6 Å². The standard InChI is InChI=1S/C15H19BrN2O4/c16-12-4-5-13(19)18(9-12)10-14(20)17-7-1-2-11(8-17)3-6-15(21)22/h4-5,9,11H,1-3,6-8,10H2,(H,21,22)/t11-/m0/s1. The predicted octanol–water partition coefficient (Wildman–Crippen LogP) is 1.71. The Morgan fingerprint density at radius 2 is 2.14 bits per heavy atom. The first kappa shape index (κ1) is 16.7.